The van der Waals surface area contributed by atoms with Gasteiger partial charge in [0.1, 0.15) is 0 Å². The fraction of sp³-hybridized carbons (Fsp3) is 0.238. The van der Waals surface area contributed by atoms with Crippen molar-refractivity contribution in [3.63, 3.8) is 0 Å². The van der Waals surface area contributed by atoms with Crippen molar-refractivity contribution in [2.24, 2.45) is 0 Å². The van der Waals surface area contributed by atoms with Gasteiger partial charge in [-0.05, 0) is 36.2 Å². The van der Waals surface area contributed by atoms with Gasteiger partial charge in [-0.3, -0.25) is 4.79 Å². The van der Waals surface area contributed by atoms with E-state index in [4.69, 9.17) is 9.47 Å². The van der Waals surface area contributed by atoms with Gasteiger partial charge in [0.15, 0.2) is 23.9 Å². The van der Waals surface area contributed by atoms with Gasteiger partial charge in [-0.1, -0.05) is 24.3 Å². The van der Waals surface area contributed by atoms with E-state index in [0.717, 1.165) is 11.3 Å². The van der Waals surface area contributed by atoms with Crippen molar-refractivity contribution in [3.8, 4) is 17.2 Å². The first kappa shape index (κ1) is 21.2. The SMILES string of the molecule is COc1cc(CCC(=O)Nc2ccn(-c3ccccc3)n2)ccc1OCC(F)(F)F. The third-order valence-corrected chi connectivity index (χ3v) is 4.14. The number of methoxy groups -OCH3 is 1. The second kappa shape index (κ2) is 9.34. The fourth-order valence-electron chi connectivity index (χ4n) is 2.72. The predicted molar refractivity (Wildman–Crippen MR) is 105 cm³/mol. The Bertz CT molecular complexity index is 988. The van der Waals surface area contributed by atoms with Crippen LogP contribution in [-0.4, -0.2) is 35.6 Å². The Kier molecular flexibility index (Phi) is 6.61. The minimum Gasteiger partial charge on any atom is -0.493 e. The number of nitrogens with one attached hydrogen (secondary N) is 1. The van der Waals surface area contributed by atoms with Crippen molar-refractivity contribution in [2.45, 2.75) is 19.0 Å². The Hall–Kier alpha value is -3.49. The molecule has 9 heteroatoms. The van der Waals surface area contributed by atoms with Crippen LogP contribution in [0, 0.1) is 0 Å². The number of amides is 1. The molecule has 0 unspecified atom stereocenters. The van der Waals surface area contributed by atoms with Crippen LogP contribution >= 0.6 is 0 Å². The lowest BCUT2D eigenvalue weighted by Crippen LogP contribution is -2.19. The van der Waals surface area contributed by atoms with Crippen LogP contribution in [-0.2, 0) is 11.2 Å². The average Bonchev–Trinajstić information content (AvgIpc) is 3.19. The molecule has 0 radical (unpaired) electrons. The van der Waals surface area contributed by atoms with Crippen LogP contribution in [0.25, 0.3) is 5.69 Å². The fourth-order valence-corrected chi connectivity index (χ4v) is 2.72. The third kappa shape index (κ3) is 6.00. The second-order valence-electron chi connectivity index (χ2n) is 6.42. The summed E-state index contributed by atoms with van der Waals surface area (Å²) in [5.74, 6) is 0.371. The highest BCUT2D eigenvalue weighted by atomic mass is 19.4. The summed E-state index contributed by atoms with van der Waals surface area (Å²) in [6, 6.07) is 15.7. The lowest BCUT2D eigenvalue weighted by atomic mass is 10.1. The Morgan fingerprint density at radius 1 is 1.10 bits per heavy atom. The highest BCUT2D eigenvalue weighted by molar-refractivity contribution is 5.89. The van der Waals surface area contributed by atoms with Crippen LogP contribution in [0.5, 0.6) is 11.5 Å². The van der Waals surface area contributed by atoms with Gasteiger partial charge >= 0.3 is 6.18 Å². The van der Waals surface area contributed by atoms with Gasteiger partial charge in [0.05, 0.1) is 12.8 Å². The van der Waals surface area contributed by atoms with Crippen LogP contribution in [0.4, 0.5) is 19.0 Å². The summed E-state index contributed by atoms with van der Waals surface area (Å²) in [6.07, 6.45) is -2.14. The molecule has 0 bridgehead atoms. The van der Waals surface area contributed by atoms with Crippen molar-refractivity contribution in [3.05, 3.63) is 66.4 Å². The molecule has 0 saturated carbocycles. The highest BCUT2D eigenvalue weighted by Gasteiger charge is 2.29. The second-order valence-corrected chi connectivity index (χ2v) is 6.42. The lowest BCUT2D eigenvalue weighted by molar-refractivity contribution is -0.153. The Labute approximate surface area is 171 Å². The first-order chi connectivity index (χ1) is 14.3. The summed E-state index contributed by atoms with van der Waals surface area (Å²) in [7, 11) is 1.34. The summed E-state index contributed by atoms with van der Waals surface area (Å²) in [5, 5.41) is 7.04. The molecule has 6 nitrogen and oxygen atoms in total. The van der Waals surface area contributed by atoms with E-state index in [2.05, 4.69) is 10.4 Å². The van der Waals surface area contributed by atoms with E-state index in [1.54, 1.807) is 29.1 Å². The molecule has 0 atom stereocenters. The maximum absolute atomic E-state index is 12.3. The molecule has 3 rings (SSSR count). The maximum atomic E-state index is 12.3. The van der Waals surface area contributed by atoms with E-state index in [1.807, 2.05) is 30.3 Å². The van der Waals surface area contributed by atoms with E-state index >= 15 is 0 Å². The number of hydrogen-bond acceptors (Lipinski definition) is 4. The van der Waals surface area contributed by atoms with Gasteiger partial charge in [-0.15, -0.1) is 0 Å². The summed E-state index contributed by atoms with van der Waals surface area (Å²) in [5.41, 5.74) is 1.61. The number of carbonyl (C=O) groups is 1. The number of anilines is 1. The van der Waals surface area contributed by atoms with Crippen molar-refractivity contribution in [1.29, 1.82) is 0 Å². The minimum absolute atomic E-state index is 0.00511. The molecular formula is C21H20F3N3O3. The number of hydrogen-bond donors (Lipinski definition) is 1. The highest BCUT2D eigenvalue weighted by Crippen LogP contribution is 2.30. The minimum atomic E-state index is -4.44. The lowest BCUT2D eigenvalue weighted by Gasteiger charge is -2.13. The summed E-state index contributed by atoms with van der Waals surface area (Å²) >= 11 is 0. The zero-order valence-electron chi connectivity index (χ0n) is 16.1. The van der Waals surface area contributed by atoms with Crippen LogP contribution in [0.1, 0.15) is 12.0 Å². The molecule has 0 aliphatic carbocycles. The molecule has 0 spiro atoms. The molecule has 0 fully saturated rings. The molecule has 0 aliphatic rings. The number of aromatic nitrogens is 2. The van der Waals surface area contributed by atoms with Gasteiger partial charge in [0.2, 0.25) is 5.91 Å². The third-order valence-electron chi connectivity index (χ3n) is 4.14. The van der Waals surface area contributed by atoms with Gasteiger partial charge in [0.25, 0.3) is 0 Å². The predicted octanol–water partition coefficient (Wildman–Crippen LogP) is 4.39. The molecule has 1 N–H and O–H groups in total. The monoisotopic (exact) mass is 419 g/mol. The maximum Gasteiger partial charge on any atom is 0.422 e. The summed E-state index contributed by atoms with van der Waals surface area (Å²) in [4.78, 5) is 12.2. The van der Waals surface area contributed by atoms with Crippen molar-refractivity contribution >= 4 is 11.7 Å². The smallest absolute Gasteiger partial charge is 0.422 e. The molecule has 1 heterocycles. The van der Waals surface area contributed by atoms with Crippen LogP contribution in [0.2, 0.25) is 0 Å². The zero-order chi connectivity index (χ0) is 21.6. The van der Waals surface area contributed by atoms with Crippen LogP contribution < -0.4 is 14.8 Å². The van der Waals surface area contributed by atoms with E-state index in [-0.39, 0.29) is 23.8 Å². The largest absolute Gasteiger partial charge is 0.493 e. The molecule has 30 heavy (non-hydrogen) atoms. The van der Waals surface area contributed by atoms with E-state index in [1.165, 1.54) is 13.2 Å². The molecule has 0 saturated heterocycles. The van der Waals surface area contributed by atoms with E-state index in [0.29, 0.717) is 12.2 Å². The van der Waals surface area contributed by atoms with Gasteiger partial charge in [-0.25, -0.2) is 4.68 Å². The first-order valence-electron chi connectivity index (χ1n) is 9.11. The molecule has 3 aromatic rings. The Morgan fingerprint density at radius 3 is 2.57 bits per heavy atom. The van der Waals surface area contributed by atoms with Crippen molar-refractivity contribution in [1.82, 2.24) is 9.78 Å². The Morgan fingerprint density at radius 2 is 1.87 bits per heavy atom. The summed E-state index contributed by atoms with van der Waals surface area (Å²) in [6.45, 7) is -1.40. The van der Waals surface area contributed by atoms with Gasteiger partial charge in [-0.2, -0.15) is 18.3 Å². The number of aryl methyl sites for hydroxylation is 1. The summed E-state index contributed by atoms with van der Waals surface area (Å²) < 4.78 is 48.5. The van der Waals surface area contributed by atoms with Crippen molar-refractivity contribution in [2.75, 3.05) is 19.0 Å². The molecule has 1 aromatic heterocycles. The Balaban J connectivity index is 1.55. The van der Waals surface area contributed by atoms with Crippen LogP contribution in [0.15, 0.2) is 60.8 Å². The number of rotatable bonds is 8. The van der Waals surface area contributed by atoms with Crippen LogP contribution in [0.3, 0.4) is 0 Å². The average molecular weight is 419 g/mol. The number of ether oxygens (including phenoxy) is 2. The number of alkyl halides is 3. The number of para-hydroxylation sites is 1. The van der Waals surface area contributed by atoms with Gasteiger partial charge in [0, 0.05) is 18.7 Å². The number of carbonyl (C=O) groups excluding carboxylic acids is 1. The number of benzene rings is 2. The quantitative estimate of drug-likeness (QED) is 0.588. The number of nitrogens with zero attached hydrogens (tertiary/aromatic N) is 2. The zero-order valence-corrected chi connectivity index (χ0v) is 16.1. The molecule has 0 aliphatic heterocycles. The standard InChI is InChI=1S/C21H20F3N3O3/c1-29-18-13-15(7-9-17(18)30-14-21(22,23)24)8-10-20(28)25-19-11-12-27(26-19)16-5-3-2-4-6-16/h2-7,9,11-13H,8,10,14H2,1H3,(H,25,26,28). The molecule has 1 amide bonds. The molecule has 158 valence electrons. The van der Waals surface area contributed by atoms with E-state index in [9.17, 15) is 18.0 Å². The number of halogens is 3. The van der Waals surface area contributed by atoms with Crippen molar-refractivity contribution < 1.29 is 27.4 Å². The first-order valence-corrected chi connectivity index (χ1v) is 9.11. The normalized spacial score (nSPS) is 11.2. The topological polar surface area (TPSA) is 65.4 Å². The van der Waals surface area contributed by atoms with E-state index < -0.39 is 12.8 Å². The molecular weight excluding hydrogens is 399 g/mol. The molecule has 2 aromatic carbocycles. The van der Waals surface area contributed by atoms with Gasteiger partial charge < -0.3 is 14.8 Å².